The topological polar surface area (TPSA) is 55.1 Å². The van der Waals surface area contributed by atoms with Crippen molar-refractivity contribution in [3.63, 3.8) is 0 Å². The number of hydrogen-bond donors (Lipinski definition) is 2. The summed E-state index contributed by atoms with van der Waals surface area (Å²) in [5.41, 5.74) is 5.36. The summed E-state index contributed by atoms with van der Waals surface area (Å²) in [5, 5.41) is 3.11. The summed E-state index contributed by atoms with van der Waals surface area (Å²) in [6.07, 6.45) is 4.92. The lowest BCUT2D eigenvalue weighted by Gasteiger charge is -2.28. The number of amides is 1. The molecule has 3 N–H and O–H groups in total. The Morgan fingerprint density at radius 3 is 2.12 bits per heavy atom. The van der Waals surface area contributed by atoms with Gasteiger partial charge in [0, 0.05) is 11.5 Å². The second kappa shape index (κ2) is 7.66. The van der Waals surface area contributed by atoms with Gasteiger partial charge in [-0.25, -0.2) is 0 Å². The van der Waals surface area contributed by atoms with E-state index in [1.54, 1.807) is 0 Å². The minimum atomic E-state index is -0.175. The van der Waals surface area contributed by atoms with E-state index in [0.717, 1.165) is 32.1 Å². The largest absolute Gasteiger partial charge is 0.351 e. The number of carbonyl (C=O) groups excluding carboxylic acids is 1. The van der Waals surface area contributed by atoms with Crippen molar-refractivity contribution in [2.24, 2.45) is 11.7 Å². The molecule has 0 aliphatic heterocycles. The first kappa shape index (κ1) is 15.4. The van der Waals surface area contributed by atoms with Crippen LogP contribution < -0.4 is 11.1 Å². The second-order valence-corrected chi connectivity index (χ2v) is 5.19. The van der Waals surface area contributed by atoms with E-state index in [4.69, 9.17) is 5.73 Å². The second-order valence-electron chi connectivity index (χ2n) is 5.19. The molecule has 0 saturated heterocycles. The number of nitrogens with one attached hydrogen (secondary N) is 1. The van der Waals surface area contributed by atoms with E-state index in [2.05, 4.69) is 19.2 Å². The molecule has 0 unspecified atom stereocenters. The van der Waals surface area contributed by atoms with Crippen LogP contribution in [0.4, 0.5) is 0 Å². The predicted molar refractivity (Wildman–Crippen MR) is 69.2 cm³/mol. The van der Waals surface area contributed by atoms with Crippen molar-refractivity contribution >= 4 is 5.91 Å². The highest BCUT2D eigenvalue weighted by atomic mass is 16.2. The summed E-state index contributed by atoms with van der Waals surface area (Å²) in [4.78, 5) is 12.1. The predicted octanol–water partition coefficient (Wildman–Crippen LogP) is 2.45. The molecule has 0 aromatic carbocycles. The molecule has 0 spiro atoms. The van der Waals surface area contributed by atoms with Crippen LogP contribution in [0.25, 0.3) is 0 Å². The molecule has 0 aliphatic carbocycles. The van der Waals surface area contributed by atoms with E-state index in [1.807, 2.05) is 13.8 Å². The molecule has 0 aliphatic rings. The molecule has 0 saturated carbocycles. The maximum atomic E-state index is 12.1. The van der Waals surface area contributed by atoms with Crippen LogP contribution in [0.15, 0.2) is 0 Å². The van der Waals surface area contributed by atoms with Crippen LogP contribution >= 0.6 is 0 Å². The van der Waals surface area contributed by atoms with Crippen LogP contribution in [0, 0.1) is 5.92 Å². The van der Waals surface area contributed by atoms with Gasteiger partial charge in [0.2, 0.25) is 5.91 Å². The molecule has 3 nitrogen and oxygen atoms in total. The summed E-state index contributed by atoms with van der Waals surface area (Å²) < 4.78 is 0. The highest BCUT2D eigenvalue weighted by Gasteiger charge is 2.24. The van der Waals surface area contributed by atoms with Crippen molar-refractivity contribution in [1.29, 1.82) is 0 Å². The van der Waals surface area contributed by atoms with E-state index in [-0.39, 0.29) is 17.4 Å². The van der Waals surface area contributed by atoms with Gasteiger partial charge >= 0.3 is 0 Å². The molecule has 0 radical (unpaired) electrons. The molecular weight excluding hydrogens is 200 g/mol. The zero-order valence-corrected chi connectivity index (χ0v) is 11.3. The van der Waals surface area contributed by atoms with Gasteiger partial charge in [-0.3, -0.25) is 4.79 Å². The fourth-order valence-corrected chi connectivity index (χ4v) is 1.96. The maximum Gasteiger partial charge on any atom is 0.223 e. The zero-order valence-electron chi connectivity index (χ0n) is 11.3. The van der Waals surface area contributed by atoms with E-state index in [0.29, 0.717) is 6.54 Å². The Morgan fingerprint density at radius 1 is 1.25 bits per heavy atom. The molecule has 0 bridgehead atoms. The zero-order chi connectivity index (χ0) is 12.6. The van der Waals surface area contributed by atoms with E-state index in [1.165, 1.54) is 0 Å². The monoisotopic (exact) mass is 228 g/mol. The highest BCUT2D eigenvalue weighted by Crippen LogP contribution is 2.16. The Labute approximate surface area is 100 Å². The average Bonchev–Trinajstić information content (AvgIpc) is 2.16. The normalized spacial score (nSPS) is 11.9. The Hall–Kier alpha value is -0.570. The minimum Gasteiger partial charge on any atom is -0.351 e. The number of nitrogens with two attached hydrogens (primary N) is 1. The van der Waals surface area contributed by atoms with Crippen LogP contribution in [0.2, 0.25) is 0 Å². The Kier molecular flexibility index (Phi) is 7.39. The van der Waals surface area contributed by atoms with E-state index < -0.39 is 0 Å². The molecule has 16 heavy (non-hydrogen) atoms. The molecule has 1 amide bonds. The average molecular weight is 228 g/mol. The van der Waals surface area contributed by atoms with Gasteiger partial charge < -0.3 is 11.1 Å². The molecule has 0 aromatic heterocycles. The Bertz CT molecular complexity index is 196. The molecule has 3 heteroatoms. The van der Waals surface area contributed by atoms with Crippen LogP contribution in [0.5, 0.6) is 0 Å². The van der Waals surface area contributed by atoms with Crippen LogP contribution in [0.3, 0.4) is 0 Å². The molecule has 0 rings (SSSR count). The van der Waals surface area contributed by atoms with Gasteiger partial charge in [0.1, 0.15) is 0 Å². The van der Waals surface area contributed by atoms with Crippen LogP contribution in [-0.2, 0) is 4.79 Å². The molecule has 0 heterocycles. The van der Waals surface area contributed by atoms with Crippen LogP contribution in [-0.4, -0.2) is 18.0 Å². The molecule has 0 fully saturated rings. The SMILES string of the molecule is CCCC(CCC)C(=O)NC(C)(C)CCN. The van der Waals surface area contributed by atoms with Crippen molar-refractivity contribution < 1.29 is 4.79 Å². The minimum absolute atomic E-state index is 0.173. The van der Waals surface area contributed by atoms with Gasteiger partial charge in [0.25, 0.3) is 0 Å². The Morgan fingerprint density at radius 2 is 1.75 bits per heavy atom. The first-order valence-corrected chi connectivity index (χ1v) is 6.49. The molecule has 0 aromatic rings. The number of rotatable bonds is 8. The third-order valence-corrected chi connectivity index (χ3v) is 2.88. The standard InChI is InChI=1S/C13H28N2O/c1-5-7-11(8-6-2)12(16)15-13(3,4)9-10-14/h11H,5-10,14H2,1-4H3,(H,15,16). The quantitative estimate of drug-likeness (QED) is 0.670. The fraction of sp³-hybridized carbons (Fsp3) is 0.923. The Balaban J connectivity index is 4.27. The molecule has 0 atom stereocenters. The summed E-state index contributed by atoms with van der Waals surface area (Å²) in [5.74, 6) is 0.370. The van der Waals surface area contributed by atoms with Crippen molar-refractivity contribution in [1.82, 2.24) is 5.32 Å². The van der Waals surface area contributed by atoms with Gasteiger partial charge in [-0.15, -0.1) is 0 Å². The third-order valence-electron chi connectivity index (χ3n) is 2.88. The third kappa shape index (κ3) is 6.11. The molecular formula is C13H28N2O. The highest BCUT2D eigenvalue weighted by molar-refractivity contribution is 5.79. The van der Waals surface area contributed by atoms with Gasteiger partial charge in [-0.2, -0.15) is 0 Å². The smallest absolute Gasteiger partial charge is 0.223 e. The number of hydrogen-bond acceptors (Lipinski definition) is 2. The van der Waals surface area contributed by atoms with Crippen molar-refractivity contribution in [3.8, 4) is 0 Å². The summed E-state index contributed by atoms with van der Waals surface area (Å²) in [6.45, 7) is 8.93. The fourth-order valence-electron chi connectivity index (χ4n) is 1.96. The van der Waals surface area contributed by atoms with Crippen molar-refractivity contribution in [2.45, 2.75) is 65.3 Å². The van der Waals surface area contributed by atoms with Gasteiger partial charge in [-0.05, 0) is 39.7 Å². The lowest BCUT2D eigenvalue weighted by molar-refractivity contribution is -0.127. The lowest BCUT2D eigenvalue weighted by atomic mass is 9.94. The van der Waals surface area contributed by atoms with Crippen molar-refractivity contribution in [3.05, 3.63) is 0 Å². The summed E-state index contributed by atoms with van der Waals surface area (Å²) in [7, 11) is 0. The maximum absolute atomic E-state index is 12.1. The van der Waals surface area contributed by atoms with E-state index >= 15 is 0 Å². The summed E-state index contributed by atoms with van der Waals surface area (Å²) in [6, 6.07) is 0. The first-order valence-electron chi connectivity index (χ1n) is 6.49. The molecule has 96 valence electrons. The van der Waals surface area contributed by atoms with Gasteiger partial charge in [0.05, 0.1) is 0 Å². The van der Waals surface area contributed by atoms with Crippen molar-refractivity contribution in [2.75, 3.05) is 6.54 Å². The van der Waals surface area contributed by atoms with Gasteiger partial charge in [-0.1, -0.05) is 26.7 Å². The van der Waals surface area contributed by atoms with Crippen LogP contribution in [0.1, 0.15) is 59.8 Å². The lowest BCUT2D eigenvalue weighted by Crippen LogP contribution is -2.47. The van der Waals surface area contributed by atoms with E-state index in [9.17, 15) is 4.79 Å². The first-order chi connectivity index (χ1) is 7.46. The van der Waals surface area contributed by atoms with Gasteiger partial charge in [0.15, 0.2) is 0 Å². The summed E-state index contributed by atoms with van der Waals surface area (Å²) >= 11 is 0. The number of carbonyl (C=O) groups is 1.